The highest BCUT2D eigenvalue weighted by Crippen LogP contribution is 2.03. The lowest BCUT2D eigenvalue weighted by Gasteiger charge is -2.09. The predicted molar refractivity (Wildman–Crippen MR) is 56.9 cm³/mol. The number of carbonyl (C=O) groups excluding carboxylic acids is 2. The van der Waals surface area contributed by atoms with Gasteiger partial charge < -0.3 is 11.1 Å². The SMILES string of the molecule is C[C@H](NC(=O)Cc1ccc(F)cc1)C(N)=O. The fourth-order valence-electron chi connectivity index (χ4n) is 1.15. The molecule has 0 heterocycles. The van der Waals surface area contributed by atoms with Crippen molar-refractivity contribution in [3.63, 3.8) is 0 Å². The van der Waals surface area contributed by atoms with Gasteiger partial charge in [-0.25, -0.2) is 4.39 Å². The molecule has 86 valence electrons. The molecule has 1 aromatic carbocycles. The van der Waals surface area contributed by atoms with E-state index in [1.165, 1.54) is 31.2 Å². The highest BCUT2D eigenvalue weighted by molar-refractivity contribution is 5.87. The summed E-state index contributed by atoms with van der Waals surface area (Å²) in [4.78, 5) is 22.1. The van der Waals surface area contributed by atoms with Gasteiger partial charge in [-0.05, 0) is 24.6 Å². The average Bonchev–Trinajstić information content (AvgIpc) is 2.21. The van der Waals surface area contributed by atoms with Crippen LogP contribution in [0.5, 0.6) is 0 Å². The number of hydrogen-bond acceptors (Lipinski definition) is 2. The van der Waals surface area contributed by atoms with Gasteiger partial charge in [-0.15, -0.1) is 0 Å². The molecule has 0 aliphatic rings. The lowest BCUT2D eigenvalue weighted by Crippen LogP contribution is -2.42. The summed E-state index contributed by atoms with van der Waals surface area (Å²) in [6.07, 6.45) is 0.0951. The van der Waals surface area contributed by atoms with E-state index in [0.29, 0.717) is 5.56 Å². The van der Waals surface area contributed by atoms with Crippen molar-refractivity contribution in [3.8, 4) is 0 Å². The van der Waals surface area contributed by atoms with Crippen molar-refractivity contribution in [1.82, 2.24) is 5.32 Å². The van der Waals surface area contributed by atoms with E-state index in [2.05, 4.69) is 5.32 Å². The van der Waals surface area contributed by atoms with Crippen LogP contribution in [0.15, 0.2) is 24.3 Å². The van der Waals surface area contributed by atoms with Crippen LogP contribution in [0.25, 0.3) is 0 Å². The molecule has 0 saturated heterocycles. The lowest BCUT2D eigenvalue weighted by atomic mass is 10.1. The van der Waals surface area contributed by atoms with E-state index in [4.69, 9.17) is 5.73 Å². The zero-order valence-corrected chi connectivity index (χ0v) is 8.87. The second-order valence-electron chi connectivity index (χ2n) is 3.49. The lowest BCUT2D eigenvalue weighted by molar-refractivity contribution is -0.126. The third-order valence-corrected chi connectivity index (χ3v) is 2.08. The summed E-state index contributed by atoms with van der Waals surface area (Å²) in [6, 6.07) is 4.89. The highest BCUT2D eigenvalue weighted by Gasteiger charge is 2.12. The first-order valence-electron chi connectivity index (χ1n) is 4.82. The maximum absolute atomic E-state index is 12.6. The number of rotatable bonds is 4. The van der Waals surface area contributed by atoms with Crippen LogP contribution >= 0.6 is 0 Å². The zero-order valence-electron chi connectivity index (χ0n) is 8.87. The first-order chi connectivity index (χ1) is 7.49. The van der Waals surface area contributed by atoms with E-state index in [0.717, 1.165) is 0 Å². The average molecular weight is 224 g/mol. The van der Waals surface area contributed by atoms with Crippen molar-refractivity contribution in [3.05, 3.63) is 35.6 Å². The van der Waals surface area contributed by atoms with Crippen molar-refractivity contribution in [1.29, 1.82) is 0 Å². The fourth-order valence-corrected chi connectivity index (χ4v) is 1.15. The third-order valence-electron chi connectivity index (χ3n) is 2.08. The zero-order chi connectivity index (χ0) is 12.1. The van der Waals surface area contributed by atoms with Crippen molar-refractivity contribution in [2.75, 3.05) is 0 Å². The Balaban J connectivity index is 2.52. The summed E-state index contributed by atoms with van der Waals surface area (Å²) in [7, 11) is 0. The van der Waals surface area contributed by atoms with Crippen LogP contribution in [-0.2, 0) is 16.0 Å². The Morgan fingerprint density at radius 2 is 1.94 bits per heavy atom. The van der Waals surface area contributed by atoms with Gasteiger partial charge in [0.25, 0.3) is 0 Å². The van der Waals surface area contributed by atoms with Gasteiger partial charge in [0.2, 0.25) is 11.8 Å². The van der Waals surface area contributed by atoms with Gasteiger partial charge in [-0.2, -0.15) is 0 Å². The second kappa shape index (κ2) is 5.25. The van der Waals surface area contributed by atoms with Gasteiger partial charge in [0.15, 0.2) is 0 Å². The first kappa shape index (κ1) is 12.2. The van der Waals surface area contributed by atoms with E-state index in [1.807, 2.05) is 0 Å². The molecule has 16 heavy (non-hydrogen) atoms. The van der Waals surface area contributed by atoms with Crippen LogP contribution in [0.4, 0.5) is 4.39 Å². The van der Waals surface area contributed by atoms with Crippen LogP contribution in [-0.4, -0.2) is 17.9 Å². The monoisotopic (exact) mass is 224 g/mol. The number of nitrogens with one attached hydrogen (secondary N) is 1. The summed E-state index contributed by atoms with van der Waals surface area (Å²) in [5.41, 5.74) is 5.67. The number of carbonyl (C=O) groups is 2. The van der Waals surface area contributed by atoms with Crippen molar-refractivity contribution in [2.45, 2.75) is 19.4 Å². The fraction of sp³-hybridized carbons (Fsp3) is 0.273. The Labute approximate surface area is 92.6 Å². The molecule has 0 radical (unpaired) electrons. The molecule has 5 heteroatoms. The molecule has 1 aromatic rings. The van der Waals surface area contributed by atoms with E-state index in [-0.39, 0.29) is 18.1 Å². The molecule has 0 fully saturated rings. The smallest absolute Gasteiger partial charge is 0.239 e. The molecule has 3 N–H and O–H groups in total. The van der Waals surface area contributed by atoms with Crippen molar-refractivity contribution >= 4 is 11.8 Å². The Kier molecular flexibility index (Phi) is 3.99. The normalized spacial score (nSPS) is 11.9. The molecule has 0 aliphatic heterocycles. The van der Waals surface area contributed by atoms with Crippen LogP contribution < -0.4 is 11.1 Å². The molecule has 0 saturated carbocycles. The minimum Gasteiger partial charge on any atom is -0.368 e. The summed E-state index contributed by atoms with van der Waals surface area (Å²) < 4.78 is 12.6. The number of primary amides is 1. The Bertz CT molecular complexity index is 389. The van der Waals surface area contributed by atoms with Gasteiger partial charge in [0.05, 0.1) is 6.42 Å². The molecule has 2 amide bonds. The van der Waals surface area contributed by atoms with Crippen LogP contribution in [0, 0.1) is 5.82 Å². The predicted octanol–water partition coefficient (Wildman–Crippen LogP) is 0.358. The molecular formula is C11H13FN2O2. The Morgan fingerprint density at radius 3 is 2.44 bits per heavy atom. The minimum absolute atomic E-state index is 0.0951. The van der Waals surface area contributed by atoms with E-state index in [9.17, 15) is 14.0 Å². The number of hydrogen-bond donors (Lipinski definition) is 2. The number of halogens is 1. The van der Waals surface area contributed by atoms with Gasteiger partial charge in [-0.3, -0.25) is 9.59 Å². The summed E-state index contributed by atoms with van der Waals surface area (Å²) in [5.74, 6) is -1.26. The molecule has 0 spiro atoms. The minimum atomic E-state index is -0.701. The standard InChI is InChI=1S/C11H13FN2O2/c1-7(11(13)16)14-10(15)6-8-2-4-9(12)5-3-8/h2-5,7H,6H2,1H3,(H2,13,16)(H,14,15)/t7-/m0/s1. The molecule has 0 aromatic heterocycles. The van der Waals surface area contributed by atoms with Crippen molar-refractivity contribution < 1.29 is 14.0 Å². The molecule has 1 atom stereocenters. The number of benzene rings is 1. The second-order valence-corrected chi connectivity index (χ2v) is 3.49. The number of amides is 2. The topological polar surface area (TPSA) is 72.2 Å². The maximum Gasteiger partial charge on any atom is 0.239 e. The molecule has 0 unspecified atom stereocenters. The van der Waals surface area contributed by atoms with E-state index in [1.54, 1.807) is 0 Å². The van der Waals surface area contributed by atoms with Gasteiger partial charge >= 0.3 is 0 Å². The van der Waals surface area contributed by atoms with E-state index < -0.39 is 11.9 Å². The molecule has 0 aliphatic carbocycles. The molecule has 0 bridgehead atoms. The van der Waals surface area contributed by atoms with Gasteiger partial charge in [0, 0.05) is 0 Å². The van der Waals surface area contributed by atoms with Gasteiger partial charge in [-0.1, -0.05) is 12.1 Å². The highest BCUT2D eigenvalue weighted by atomic mass is 19.1. The largest absolute Gasteiger partial charge is 0.368 e. The Morgan fingerprint density at radius 1 is 1.38 bits per heavy atom. The van der Waals surface area contributed by atoms with Crippen molar-refractivity contribution in [2.24, 2.45) is 5.73 Å². The quantitative estimate of drug-likeness (QED) is 0.775. The van der Waals surface area contributed by atoms with Crippen LogP contribution in [0.1, 0.15) is 12.5 Å². The summed E-state index contributed by atoms with van der Waals surface area (Å²) in [5, 5.41) is 2.44. The third kappa shape index (κ3) is 3.68. The number of nitrogens with two attached hydrogens (primary N) is 1. The summed E-state index contributed by atoms with van der Waals surface area (Å²) in [6.45, 7) is 1.50. The van der Waals surface area contributed by atoms with Gasteiger partial charge in [0.1, 0.15) is 11.9 Å². The van der Waals surface area contributed by atoms with Crippen LogP contribution in [0.2, 0.25) is 0 Å². The maximum atomic E-state index is 12.6. The van der Waals surface area contributed by atoms with E-state index >= 15 is 0 Å². The van der Waals surface area contributed by atoms with Crippen LogP contribution in [0.3, 0.4) is 0 Å². The first-order valence-corrected chi connectivity index (χ1v) is 4.82. The Hall–Kier alpha value is -1.91. The molecule has 1 rings (SSSR count). The molecular weight excluding hydrogens is 211 g/mol. The summed E-state index contributed by atoms with van der Waals surface area (Å²) >= 11 is 0. The molecule has 4 nitrogen and oxygen atoms in total.